The molecular weight excluding hydrogens is 286 g/mol. The van der Waals surface area contributed by atoms with Crippen molar-refractivity contribution in [1.82, 2.24) is 9.97 Å². The van der Waals surface area contributed by atoms with E-state index in [-0.39, 0.29) is 5.28 Å². The molecule has 0 saturated carbocycles. The molecule has 0 radical (unpaired) electrons. The minimum atomic E-state index is 0.224. The van der Waals surface area contributed by atoms with Crippen LogP contribution in [0.15, 0.2) is 42.5 Å². The smallest absolute Gasteiger partial charge is 0.224 e. The summed E-state index contributed by atoms with van der Waals surface area (Å²) in [4.78, 5) is 8.51. The number of hydrogen-bond donors (Lipinski definition) is 1. The molecule has 0 saturated heterocycles. The summed E-state index contributed by atoms with van der Waals surface area (Å²) in [5, 5.41) is 4.47. The molecule has 0 fully saturated rings. The molecule has 1 aromatic heterocycles. The summed E-state index contributed by atoms with van der Waals surface area (Å²) in [5.74, 6) is 1.52. The Morgan fingerprint density at radius 1 is 1.10 bits per heavy atom. The molecule has 0 amide bonds. The molecule has 0 aliphatic carbocycles. The fourth-order valence-electron chi connectivity index (χ4n) is 2.17. The van der Waals surface area contributed by atoms with E-state index in [0.717, 1.165) is 27.9 Å². The third kappa shape index (κ3) is 2.76. The fourth-order valence-corrected chi connectivity index (χ4v) is 2.35. The average molecular weight is 300 g/mol. The number of aromatic nitrogens is 2. The van der Waals surface area contributed by atoms with Crippen LogP contribution in [-0.2, 0) is 0 Å². The zero-order valence-electron chi connectivity index (χ0n) is 11.7. The minimum absolute atomic E-state index is 0.224. The van der Waals surface area contributed by atoms with Gasteiger partial charge < -0.3 is 10.1 Å². The Kier molecular flexibility index (Phi) is 3.62. The van der Waals surface area contributed by atoms with Crippen LogP contribution in [0.4, 0.5) is 11.5 Å². The van der Waals surface area contributed by atoms with E-state index in [9.17, 15) is 0 Å². The number of anilines is 2. The lowest BCUT2D eigenvalue weighted by molar-refractivity contribution is 0.414. The largest absolute Gasteiger partial charge is 0.497 e. The molecule has 1 N–H and O–H groups in total. The Morgan fingerprint density at radius 2 is 1.90 bits per heavy atom. The monoisotopic (exact) mass is 299 g/mol. The van der Waals surface area contributed by atoms with E-state index in [1.165, 1.54) is 0 Å². The molecule has 3 rings (SSSR count). The summed E-state index contributed by atoms with van der Waals surface area (Å²) >= 11 is 6.00. The highest BCUT2D eigenvalue weighted by Crippen LogP contribution is 2.28. The standard InChI is InChI=1S/C16H14ClN3O/c1-10-9-11(21-2)7-8-13(10)18-15-12-5-3-4-6-14(12)19-16(17)20-15/h3-9H,1-2H3,(H,18,19,20). The molecule has 0 aliphatic heterocycles. The maximum Gasteiger partial charge on any atom is 0.224 e. The van der Waals surface area contributed by atoms with E-state index in [0.29, 0.717) is 5.82 Å². The van der Waals surface area contributed by atoms with Crippen LogP contribution >= 0.6 is 11.6 Å². The second-order valence-electron chi connectivity index (χ2n) is 4.66. The predicted molar refractivity (Wildman–Crippen MR) is 85.6 cm³/mol. The van der Waals surface area contributed by atoms with Crippen molar-refractivity contribution >= 4 is 34.0 Å². The maximum absolute atomic E-state index is 6.00. The van der Waals surface area contributed by atoms with Crippen molar-refractivity contribution < 1.29 is 4.74 Å². The highest BCUT2D eigenvalue weighted by atomic mass is 35.5. The molecule has 2 aromatic carbocycles. The number of ether oxygens (including phenoxy) is 1. The van der Waals surface area contributed by atoms with Gasteiger partial charge >= 0.3 is 0 Å². The maximum atomic E-state index is 6.00. The molecule has 0 spiro atoms. The van der Waals surface area contributed by atoms with Gasteiger partial charge in [-0.3, -0.25) is 0 Å². The molecule has 0 atom stereocenters. The lowest BCUT2D eigenvalue weighted by atomic mass is 10.1. The van der Waals surface area contributed by atoms with E-state index < -0.39 is 0 Å². The third-order valence-corrected chi connectivity index (χ3v) is 3.43. The lowest BCUT2D eigenvalue weighted by Crippen LogP contribution is -1.99. The van der Waals surface area contributed by atoms with Crippen LogP contribution in [0.1, 0.15) is 5.56 Å². The Hall–Kier alpha value is -2.33. The van der Waals surface area contributed by atoms with Gasteiger partial charge in [-0.25, -0.2) is 4.98 Å². The van der Waals surface area contributed by atoms with Gasteiger partial charge in [0, 0.05) is 11.1 Å². The Bertz CT molecular complexity index is 805. The van der Waals surface area contributed by atoms with Gasteiger partial charge in [0.1, 0.15) is 11.6 Å². The van der Waals surface area contributed by atoms with Crippen LogP contribution in [0.5, 0.6) is 5.75 Å². The number of nitrogens with zero attached hydrogens (tertiary/aromatic N) is 2. The highest BCUT2D eigenvalue weighted by molar-refractivity contribution is 6.28. The van der Waals surface area contributed by atoms with Crippen LogP contribution in [0, 0.1) is 6.92 Å². The van der Waals surface area contributed by atoms with Crippen LogP contribution in [-0.4, -0.2) is 17.1 Å². The van der Waals surface area contributed by atoms with Gasteiger partial charge in [0.15, 0.2) is 0 Å². The van der Waals surface area contributed by atoms with Crippen molar-refractivity contribution in [3.63, 3.8) is 0 Å². The van der Waals surface area contributed by atoms with Crippen molar-refractivity contribution in [1.29, 1.82) is 0 Å². The van der Waals surface area contributed by atoms with Crippen molar-refractivity contribution in [3.05, 3.63) is 53.3 Å². The molecule has 3 aromatic rings. The molecule has 5 heteroatoms. The van der Waals surface area contributed by atoms with Gasteiger partial charge in [-0.05, 0) is 54.4 Å². The number of methoxy groups -OCH3 is 1. The molecule has 21 heavy (non-hydrogen) atoms. The quantitative estimate of drug-likeness (QED) is 0.731. The Morgan fingerprint density at radius 3 is 2.67 bits per heavy atom. The predicted octanol–water partition coefficient (Wildman–Crippen LogP) is 4.34. The van der Waals surface area contributed by atoms with E-state index >= 15 is 0 Å². The van der Waals surface area contributed by atoms with Crippen molar-refractivity contribution in [2.45, 2.75) is 6.92 Å². The lowest BCUT2D eigenvalue weighted by Gasteiger charge is -2.12. The van der Waals surface area contributed by atoms with Gasteiger partial charge in [-0.2, -0.15) is 4.98 Å². The van der Waals surface area contributed by atoms with Crippen molar-refractivity contribution in [2.75, 3.05) is 12.4 Å². The molecular formula is C16H14ClN3O. The number of halogens is 1. The van der Waals surface area contributed by atoms with E-state index in [2.05, 4.69) is 15.3 Å². The third-order valence-electron chi connectivity index (χ3n) is 3.26. The van der Waals surface area contributed by atoms with E-state index in [1.807, 2.05) is 49.4 Å². The number of rotatable bonds is 3. The molecule has 1 heterocycles. The van der Waals surface area contributed by atoms with Crippen LogP contribution < -0.4 is 10.1 Å². The first-order chi connectivity index (χ1) is 10.2. The highest BCUT2D eigenvalue weighted by Gasteiger charge is 2.08. The van der Waals surface area contributed by atoms with Crippen LogP contribution in [0.2, 0.25) is 5.28 Å². The minimum Gasteiger partial charge on any atom is -0.497 e. The van der Waals surface area contributed by atoms with Gasteiger partial charge in [-0.15, -0.1) is 0 Å². The van der Waals surface area contributed by atoms with Crippen LogP contribution in [0.25, 0.3) is 10.9 Å². The van der Waals surface area contributed by atoms with Gasteiger partial charge in [0.25, 0.3) is 0 Å². The second kappa shape index (κ2) is 5.58. The first-order valence-corrected chi connectivity index (χ1v) is 6.89. The summed E-state index contributed by atoms with van der Waals surface area (Å²) < 4.78 is 5.22. The number of benzene rings is 2. The Labute approximate surface area is 127 Å². The summed E-state index contributed by atoms with van der Waals surface area (Å²) in [6.07, 6.45) is 0. The van der Waals surface area contributed by atoms with Gasteiger partial charge in [0.05, 0.1) is 12.6 Å². The molecule has 0 bridgehead atoms. The Balaban J connectivity index is 2.05. The van der Waals surface area contributed by atoms with E-state index in [1.54, 1.807) is 7.11 Å². The molecule has 0 aliphatic rings. The van der Waals surface area contributed by atoms with Gasteiger partial charge in [0.2, 0.25) is 5.28 Å². The molecule has 106 valence electrons. The molecule has 4 nitrogen and oxygen atoms in total. The summed E-state index contributed by atoms with van der Waals surface area (Å²) in [5.41, 5.74) is 2.83. The fraction of sp³-hybridized carbons (Fsp3) is 0.125. The normalized spacial score (nSPS) is 10.6. The average Bonchev–Trinajstić information content (AvgIpc) is 2.49. The number of nitrogens with one attached hydrogen (secondary N) is 1. The number of hydrogen-bond acceptors (Lipinski definition) is 4. The summed E-state index contributed by atoms with van der Waals surface area (Å²) in [7, 11) is 1.65. The number of fused-ring (bicyclic) bond motifs is 1. The number of aryl methyl sites for hydroxylation is 1. The number of para-hydroxylation sites is 1. The van der Waals surface area contributed by atoms with Crippen LogP contribution in [0.3, 0.4) is 0 Å². The summed E-state index contributed by atoms with van der Waals surface area (Å²) in [6, 6.07) is 13.6. The molecule has 0 unspecified atom stereocenters. The topological polar surface area (TPSA) is 47.0 Å². The first kappa shape index (κ1) is 13.6. The van der Waals surface area contributed by atoms with E-state index in [4.69, 9.17) is 16.3 Å². The zero-order chi connectivity index (χ0) is 14.8. The van der Waals surface area contributed by atoms with Crippen molar-refractivity contribution in [3.8, 4) is 5.75 Å². The van der Waals surface area contributed by atoms with Crippen molar-refractivity contribution in [2.24, 2.45) is 0 Å². The van der Waals surface area contributed by atoms with Gasteiger partial charge in [-0.1, -0.05) is 12.1 Å². The summed E-state index contributed by atoms with van der Waals surface area (Å²) in [6.45, 7) is 2.01. The zero-order valence-corrected chi connectivity index (χ0v) is 12.5. The second-order valence-corrected chi connectivity index (χ2v) is 5.00. The SMILES string of the molecule is COc1ccc(Nc2nc(Cl)nc3ccccc23)c(C)c1. The first-order valence-electron chi connectivity index (χ1n) is 6.51.